The van der Waals surface area contributed by atoms with Gasteiger partial charge in [0.2, 0.25) is 0 Å². The standard InChI is InChI=1S/C24H37N5O.HI/c1-5-25-24(27-15-22-13-23(18(2)3)28-30-22)26-14-20-10-6-7-11-21(20)17-29-12-8-9-19(4)16-29;/h6-7,10-11,13,18-19H,5,8-9,12,14-17H2,1-4H3,(H2,25,26,27);1H. The monoisotopic (exact) mass is 539 g/mol. The van der Waals surface area contributed by atoms with Gasteiger partial charge in [-0.2, -0.15) is 0 Å². The second kappa shape index (κ2) is 13.1. The zero-order valence-corrected chi connectivity index (χ0v) is 21.7. The summed E-state index contributed by atoms with van der Waals surface area (Å²) in [6.45, 7) is 14.1. The Balaban J connectivity index is 0.00000341. The van der Waals surface area contributed by atoms with E-state index in [0.29, 0.717) is 19.0 Å². The van der Waals surface area contributed by atoms with Crippen molar-refractivity contribution >= 4 is 29.9 Å². The molecule has 0 bridgehead atoms. The van der Waals surface area contributed by atoms with Gasteiger partial charge in [-0.05, 0) is 49.3 Å². The molecule has 1 aliphatic rings. The number of rotatable bonds is 8. The van der Waals surface area contributed by atoms with Gasteiger partial charge in [-0.15, -0.1) is 24.0 Å². The summed E-state index contributed by atoms with van der Waals surface area (Å²) in [5.74, 6) is 2.77. The first-order valence-electron chi connectivity index (χ1n) is 11.3. The van der Waals surface area contributed by atoms with Crippen LogP contribution in [-0.4, -0.2) is 35.7 Å². The smallest absolute Gasteiger partial charge is 0.191 e. The van der Waals surface area contributed by atoms with Crippen molar-refractivity contribution in [2.24, 2.45) is 10.9 Å². The number of hydrogen-bond acceptors (Lipinski definition) is 4. The van der Waals surface area contributed by atoms with Crippen molar-refractivity contribution < 1.29 is 4.52 Å². The summed E-state index contributed by atoms with van der Waals surface area (Å²) < 4.78 is 5.43. The van der Waals surface area contributed by atoms with Gasteiger partial charge in [0.25, 0.3) is 0 Å². The summed E-state index contributed by atoms with van der Waals surface area (Å²) in [6, 6.07) is 10.7. The molecule has 0 radical (unpaired) electrons. The molecular formula is C24H38IN5O. The highest BCUT2D eigenvalue weighted by Gasteiger charge is 2.17. The van der Waals surface area contributed by atoms with Gasteiger partial charge in [0.15, 0.2) is 11.7 Å². The quantitative estimate of drug-likeness (QED) is 0.284. The number of likely N-dealkylation sites (tertiary alicyclic amines) is 1. The Morgan fingerprint density at radius 2 is 2.03 bits per heavy atom. The number of aromatic nitrogens is 1. The lowest BCUT2D eigenvalue weighted by Gasteiger charge is -2.31. The summed E-state index contributed by atoms with van der Waals surface area (Å²) in [7, 11) is 0. The number of piperidine rings is 1. The van der Waals surface area contributed by atoms with Crippen LogP contribution in [0.5, 0.6) is 0 Å². The molecule has 1 aromatic heterocycles. The molecule has 172 valence electrons. The van der Waals surface area contributed by atoms with Crippen LogP contribution in [0.15, 0.2) is 39.8 Å². The Labute approximate surface area is 204 Å². The van der Waals surface area contributed by atoms with Crippen molar-refractivity contribution in [2.45, 2.75) is 66.1 Å². The lowest BCUT2D eigenvalue weighted by molar-refractivity contribution is 0.176. The Morgan fingerprint density at radius 3 is 2.71 bits per heavy atom. The molecule has 1 aliphatic heterocycles. The SMILES string of the molecule is CCNC(=NCc1ccccc1CN1CCCC(C)C1)NCc1cc(C(C)C)no1.I. The third kappa shape index (κ3) is 8.11. The van der Waals surface area contributed by atoms with E-state index < -0.39 is 0 Å². The number of nitrogens with one attached hydrogen (secondary N) is 2. The minimum atomic E-state index is 0. The number of nitrogens with zero attached hydrogens (tertiary/aromatic N) is 3. The van der Waals surface area contributed by atoms with Crippen molar-refractivity contribution in [3.05, 3.63) is 52.9 Å². The highest BCUT2D eigenvalue weighted by molar-refractivity contribution is 14.0. The van der Waals surface area contributed by atoms with Gasteiger partial charge in [0, 0.05) is 25.7 Å². The molecule has 1 fully saturated rings. The summed E-state index contributed by atoms with van der Waals surface area (Å²) in [4.78, 5) is 7.40. The van der Waals surface area contributed by atoms with E-state index in [9.17, 15) is 0 Å². The van der Waals surface area contributed by atoms with E-state index in [1.54, 1.807) is 0 Å². The molecule has 2 heterocycles. The number of halogens is 1. The van der Waals surface area contributed by atoms with E-state index in [1.165, 1.54) is 37.1 Å². The Bertz CT molecular complexity index is 820. The highest BCUT2D eigenvalue weighted by Crippen LogP contribution is 2.20. The van der Waals surface area contributed by atoms with Crippen molar-refractivity contribution in [1.82, 2.24) is 20.7 Å². The number of guanidine groups is 1. The Hall–Kier alpha value is -1.61. The van der Waals surface area contributed by atoms with Crippen molar-refractivity contribution in [3.8, 4) is 0 Å². The molecule has 0 spiro atoms. The van der Waals surface area contributed by atoms with Crippen LogP contribution in [0.4, 0.5) is 0 Å². The van der Waals surface area contributed by atoms with Gasteiger partial charge in [0.05, 0.1) is 18.8 Å². The molecule has 2 aromatic rings. The summed E-state index contributed by atoms with van der Waals surface area (Å²) in [5, 5.41) is 10.8. The maximum atomic E-state index is 5.43. The van der Waals surface area contributed by atoms with Crippen LogP contribution in [0, 0.1) is 5.92 Å². The van der Waals surface area contributed by atoms with Gasteiger partial charge in [-0.3, -0.25) is 4.90 Å². The fourth-order valence-electron chi connectivity index (χ4n) is 3.90. The fraction of sp³-hybridized carbons (Fsp3) is 0.583. The normalized spacial score (nSPS) is 17.5. The van der Waals surface area contributed by atoms with Crippen LogP contribution >= 0.6 is 24.0 Å². The summed E-state index contributed by atoms with van der Waals surface area (Å²) >= 11 is 0. The number of hydrogen-bond donors (Lipinski definition) is 2. The average molecular weight is 540 g/mol. The maximum Gasteiger partial charge on any atom is 0.191 e. The molecule has 1 aromatic carbocycles. The van der Waals surface area contributed by atoms with Crippen LogP contribution in [-0.2, 0) is 19.6 Å². The van der Waals surface area contributed by atoms with Crippen LogP contribution in [0.1, 0.15) is 69.0 Å². The van der Waals surface area contributed by atoms with Crippen LogP contribution in [0.3, 0.4) is 0 Å². The minimum Gasteiger partial charge on any atom is -0.359 e. The van der Waals surface area contributed by atoms with E-state index in [4.69, 9.17) is 9.52 Å². The maximum absolute atomic E-state index is 5.43. The molecule has 0 aliphatic carbocycles. The van der Waals surface area contributed by atoms with Gasteiger partial charge < -0.3 is 15.2 Å². The molecule has 2 N–H and O–H groups in total. The third-order valence-corrected chi connectivity index (χ3v) is 5.60. The van der Waals surface area contributed by atoms with E-state index in [-0.39, 0.29) is 24.0 Å². The van der Waals surface area contributed by atoms with Crippen LogP contribution < -0.4 is 10.6 Å². The lowest BCUT2D eigenvalue weighted by Crippen LogP contribution is -2.36. The fourth-order valence-corrected chi connectivity index (χ4v) is 3.90. The molecule has 3 rings (SSSR count). The summed E-state index contributed by atoms with van der Waals surface area (Å²) in [5.41, 5.74) is 3.65. The van der Waals surface area contributed by atoms with E-state index in [0.717, 1.165) is 36.4 Å². The lowest BCUT2D eigenvalue weighted by atomic mass is 9.99. The first-order valence-corrected chi connectivity index (χ1v) is 11.3. The minimum absolute atomic E-state index is 0. The Kier molecular flexibility index (Phi) is 10.8. The third-order valence-electron chi connectivity index (χ3n) is 5.60. The zero-order valence-electron chi connectivity index (χ0n) is 19.4. The molecule has 7 heteroatoms. The molecular weight excluding hydrogens is 501 g/mol. The van der Waals surface area contributed by atoms with E-state index in [1.807, 2.05) is 6.07 Å². The van der Waals surface area contributed by atoms with E-state index in [2.05, 4.69) is 72.7 Å². The first kappa shape index (κ1) is 25.6. The molecule has 31 heavy (non-hydrogen) atoms. The summed E-state index contributed by atoms with van der Waals surface area (Å²) in [6.07, 6.45) is 2.65. The molecule has 1 saturated heterocycles. The van der Waals surface area contributed by atoms with Crippen molar-refractivity contribution in [1.29, 1.82) is 0 Å². The predicted molar refractivity (Wildman–Crippen MR) is 138 cm³/mol. The largest absolute Gasteiger partial charge is 0.359 e. The van der Waals surface area contributed by atoms with Gasteiger partial charge in [-0.25, -0.2) is 4.99 Å². The van der Waals surface area contributed by atoms with Crippen LogP contribution in [0.25, 0.3) is 0 Å². The number of aliphatic imine (C=N–C) groups is 1. The van der Waals surface area contributed by atoms with Crippen molar-refractivity contribution in [3.63, 3.8) is 0 Å². The average Bonchev–Trinajstić information content (AvgIpc) is 3.20. The first-order chi connectivity index (χ1) is 14.5. The number of benzene rings is 1. The zero-order chi connectivity index (χ0) is 21.3. The molecule has 0 amide bonds. The molecule has 1 unspecified atom stereocenters. The highest BCUT2D eigenvalue weighted by atomic mass is 127. The second-order valence-electron chi connectivity index (χ2n) is 8.67. The Morgan fingerprint density at radius 1 is 1.26 bits per heavy atom. The van der Waals surface area contributed by atoms with Gasteiger partial charge in [0.1, 0.15) is 0 Å². The van der Waals surface area contributed by atoms with Gasteiger partial charge >= 0.3 is 0 Å². The molecule has 6 nitrogen and oxygen atoms in total. The van der Waals surface area contributed by atoms with Crippen LogP contribution in [0.2, 0.25) is 0 Å². The molecule has 1 atom stereocenters. The second-order valence-corrected chi connectivity index (χ2v) is 8.67. The van der Waals surface area contributed by atoms with Gasteiger partial charge in [-0.1, -0.05) is 50.2 Å². The molecule has 0 saturated carbocycles. The predicted octanol–water partition coefficient (Wildman–Crippen LogP) is 4.90. The van der Waals surface area contributed by atoms with E-state index >= 15 is 0 Å². The van der Waals surface area contributed by atoms with Crippen molar-refractivity contribution in [2.75, 3.05) is 19.6 Å². The topological polar surface area (TPSA) is 65.7 Å².